The average Bonchev–Trinajstić information content (AvgIpc) is 3.13. The highest BCUT2D eigenvalue weighted by Crippen LogP contribution is 2.43. The first-order valence-electron chi connectivity index (χ1n) is 7.01. The summed E-state index contributed by atoms with van der Waals surface area (Å²) in [4.78, 5) is 10.5. The fourth-order valence-corrected chi connectivity index (χ4v) is 3.77. The number of hydrogen-bond donors (Lipinski definition) is 1. The molecule has 0 atom stereocenters. The van der Waals surface area contributed by atoms with Crippen LogP contribution in [0, 0.1) is 6.92 Å². The van der Waals surface area contributed by atoms with E-state index < -0.39 is 0 Å². The Morgan fingerprint density at radius 2 is 2.19 bits per heavy atom. The van der Waals surface area contributed by atoms with Crippen LogP contribution in [0.4, 0.5) is 0 Å². The van der Waals surface area contributed by atoms with Gasteiger partial charge in [0.05, 0.1) is 21.6 Å². The maximum absolute atomic E-state index is 6.16. The molecule has 0 saturated heterocycles. The smallest absolute Gasteiger partial charge is 0.153 e. The molecule has 0 bridgehead atoms. The Balaban J connectivity index is 1.99. The Kier molecular flexibility index (Phi) is 3.03. The number of nitrogens with zero attached hydrogens (tertiary/aromatic N) is 3. The first-order valence-corrected chi connectivity index (χ1v) is 8.21. The fourth-order valence-electron chi connectivity index (χ4n) is 2.68. The van der Waals surface area contributed by atoms with E-state index in [1.165, 1.54) is 12.8 Å². The highest BCUT2D eigenvalue weighted by molar-refractivity contribution is 7.15. The highest BCUT2D eigenvalue weighted by atomic mass is 35.5. The van der Waals surface area contributed by atoms with Gasteiger partial charge in [-0.1, -0.05) is 11.6 Å². The van der Waals surface area contributed by atoms with Gasteiger partial charge in [0, 0.05) is 17.6 Å². The van der Waals surface area contributed by atoms with Gasteiger partial charge in [-0.25, -0.2) is 9.97 Å². The topological polar surface area (TPSA) is 56.7 Å². The van der Waals surface area contributed by atoms with E-state index in [-0.39, 0.29) is 0 Å². The Hall–Kier alpha value is -1.43. The number of rotatable bonds is 3. The van der Waals surface area contributed by atoms with E-state index in [9.17, 15) is 0 Å². The molecule has 0 radical (unpaired) electrons. The van der Waals surface area contributed by atoms with Crippen LogP contribution in [0.1, 0.15) is 29.6 Å². The van der Waals surface area contributed by atoms with Crippen LogP contribution < -0.4 is 5.73 Å². The minimum absolute atomic E-state index is 0.473. The lowest BCUT2D eigenvalue weighted by atomic mass is 10.3. The van der Waals surface area contributed by atoms with Gasteiger partial charge in [0.2, 0.25) is 0 Å². The van der Waals surface area contributed by atoms with Gasteiger partial charge >= 0.3 is 0 Å². The number of nitrogens with two attached hydrogens (primary N) is 1. The lowest BCUT2D eigenvalue weighted by molar-refractivity contribution is 0.776. The minimum Gasteiger partial charge on any atom is -0.325 e. The molecule has 0 aliphatic heterocycles. The third-order valence-electron chi connectivity index (χ3n) is 3.78. The first-order chi connectivity index (χ1) is 10.2. The molecule has 2 aromatic heterocycles. The molecular weight excluding hydrogens is 304 g/mol. The molecule has 1 aromatic carbocycles. The van der Waals surface area contributed by atoms with Gasteiger partial charge < -0.3 is 10.3 Å². The fraction of sp³-hybridized carbons (Fsp3) is 0.333. The Labute approximate surface area is 131 Å². The molecule has 4 nitrogen and oxygen atoms in total. The molecule has 0 unspecified atom stereocenters. The van der Waals surface area contributed by atoms with Crippen molar-refractivity contribution in [1.82, 2.24) is 14.5 Å². The van der Waals surface area contributed by atoms with E-state index in [0.717, 1.165) is 37.5 Å². The van der Waals surface area contributed by atoms with Crippen LogP contribution >= 0.6 is 22.9 Å². The average molecular weight is 319 g/mol. The van der Waals surface area contributed by atoms with Crippen molar-refractivity contribution in [3.05, 3.63) is 33.9 Å². The maximum atomic E-state index is 6.16. The number of aryl methyl sites for hydroxylation is 1. The molecule has 0 spiro atoms. The summed E-state index contributed by atoms with van der Waals surface area (Å²) in [6, 6.07) is 6.42. The van der Waals surface area contributed by atoms with Gasteiger partial charge in [-0.05, 0) is 38.0 Å². The van der Waals surface area contributed by atoms with Crippen molar-refractivity contribution in [2.75, 3.05) is 0 Å². The van der Waals surface area contributed by atoms with E-state index in [4.69, 9.17) is 22.3 Å². The van der Waals surface area contributed by atoms with Crippen molar-refractivity contribution in [1.29, 1.82) is 0 Å². The summed E-state index contributed by atoms with van der Waals surface area (Å²) in [6.07, 6.45) is 2.40. The van der Waals surface area contributed by atoms with Gasteiger partial charge in [0.15, 0.2) is 5.82 Å². The Morgan fingerprint density at radius 3 is 2.86 bits per heavy atom. The van der Waals surface area contributed by atoms with E-state index in [0.29, 0.717) is 12.6 Å². The zero-order valence-corrected chi connectivity index (χ0v) is 13.2. The lowest BCUT2D eigenvalue weighted by Gasteiger charge is -2.06. The molecule has 2 heterocycles. The van der Waals surface area contributed by atoms with Crippen molar-refractivity contribution >= 4 is 34.0 Å². The molecule has 6 heteroatoms. The molecule has 0 amide bonds. The van der Waals surface area contributed by atoms with E-state index in [1.54, 1.807) is 11.3 Å². The molecule has 1 saturated carbocycles. The number of hydrogen-bond acceptors (Lipinski definition) is 4. The van der Waals surface area contributed by atoms with E-state index >= 15 is 0 Å². The van der Waals surface area contributed by atoms with Gasteiger partial charge in [-0.3, -0.25) is 0 Å². The summed E-state index contributed by atoms with van der Waals surface area (Å²) in [7, 11) is 0. The number of aromatic nitrogens is 3. The van der Waals surface area contributed by atoms with Gasteiger partial charge in [0.1, 0.15) is 5.01 Å². The normalized spacial score (nSPS) is 15.0. The predicted molar refractivity (Wildman–Crippen MR) is 86.8 cm³/mol. The van der Waals surface area contributed by atoms with E-state index in [2.05, 4.69) is 9.55 Å². The minimum atomic E-state index is 0.473. The molecule has 21 heavy (non-hydrogen) atoms. The quantitative estimate of drug-likeness (QED) is 0.796. The number of thiazole rings is 1. The number of halogens is 1. The number of fused-ring (bicyclic) bond motifs is 1. The molecular formula is C15H15ClN4S. The van der Waals surface area contributed by atoms with E-state index in [1.807, 2.05) is 25.1 Å². The van der Waals surface area contributed by atoms with Crippen LogP contribution in [0.3, 0.4) is 0 Å². The summed E-state index contributed by atoms with van der Waals surface area (Å²) in [6.45, 7) is 2.50. The largest absolute Gasteiger partial charge is 0.325 e. The predicted octanol–water partition coefficient (Wildman–Crippen LogP) is 3.92. The van der Waals surface area contributed by atoms with Gasteiger partial charge in [0.25, 0.3) is 0 Å². The van der Waals surface area contributed by atoms with Crippen molar-refractivity contribution in [2.24, 2.45) is 5.73 Å². The van der Waals surface area contributed by atoms with Crippen LogP contribution in [-0.2, 0) is 6.54 Å². The number of imidazole rings is 1. The van der Waals surface area contributed by atoms with Gasteiger partial charge in [-0.2, -0.15) is 0 Å². The second-order valence-corrected chi connectivity index (χ2v) is 6.92. The first kappa shape index (κ1) is 13.2. The zero-order chi connectivity index (χ0) is 14.6. The van der Waals surface area contributed by atoms with Crippen molar-refractivity contribution in [3.63, 3.8) is 0 Å². The molecule has 4 rings (SSSR count). The van der Waals surface area contributed by atoms with Gasteiger partial charge in [-0.15, -0.1) is 11.3 Å². The van der Waals surface area contributed by atoms with Crippen LogP contribution in [-0.4, -0.2) is 14.5 Å². The third kappa shape index (κ3) is 2.16. The van der Waals surface area contributed by atoms with Crippen molar-refractivity contribution in [2.45, 2.75) is 32.4 Å². The number of benzene rings is 1. The van der Waals surface area contributed by atoms with Crippen LogP contribution in [0.5, 0.6) is 0 Å². The zero-order valence-electron chi connectivity index (χ0n) is 11.6. The molecule has 1 aliphatic rings. The van der Waals surface area contributed by atoms with Crippen LogP contribution in [0.25, 0.3) is 21.7 Å². The highest BCUT2D eigenvalue weighted by Gasteiger charge is 2.30. The lowest BCUT2D eigenvalue weighted by Crippen LogP contribution is -1.97. The molecule has 108 valence electrons. The maximum Gasteiger partial charge on any atom is 0.153 e. The standard InChI is InChI=1S/C15H15ClN4S/c1-8-14(21-13(7-17)18-8)15-19-11-5-2-9(16)6-12(11)20(15)10-3-4-10/h2,5-6,10H,3-4,7,17H2,1H3. The molecule has 1 aliphatic carbocycles. The Morgan fingerprint density at radius 1 is 1.38 bits per heavy atom. The SMILES string of the molecule is Cc1nc(CN)sc1-c1nc2ccc(Cl)cc2n1C1CC1. The summed E-state index contributed by atoms with van der Waals surface area (Å²) in [5, 5.41) is 1.70. The van der Waals surface area contributed by atoms with Crippen molar-refractivity contribution in [3.8, 4) is 10.7 Å². The van der Waals surface area contributed by atoms with Crippen molar-refractivity contribution < 1.29 is 0 Å². The Bertz CT molecular complexity index is 832. The summed E-state index contributed by atoms with van der Waals surface area (Å²) in [5.41, 5.74) is 8.82. The second kappa shape index (κ2) is 4.80. The summed E-state index contributed by atoms with van der Waals surface area (Å²) >= 11 is 7.80. The third-order valence-corrected chi connectivity index (χ3v) is 5.19. The van der Waals surface area contributed by atoms with Crippen LogP contribution in [0.2, 0.25) is 5.02 Å². The molecule has 1 fully saturated rings. The van der Waals surface area contributed by atoms with Crippen LogP contribution in [0.15, 0.2) is 18.2 Å². The molecule has 3 aromatic rings. The summed E-state index contributed by atoms with van der Waals surface area (Å²) in [5.74, 6) is 1.00. The summed E-state index contributed by atoms with van der Waals surface area (Å²) < 4.78 is 2.32. The second-order valence-electron chi connectivity index (χ2n) is 5.40. The molecule has 2 N–H and O–H groups in total. The monoisotopic (exact) mass is 318 g/mol.